The molecule has 0 aliphatic heterocycles. The minimum absolute atomic E-state index is 0.878. The standard InChI is InChI=1S/C12H30OS4Si2.C8H20OSi2.C2H6S2/c1-18(2,11-9-16-7-5-14)13-19(3,4)12-10-17-8-6-15;1-7-10(3,4)9-11(5,6)8-2;3-1-2-4/h14-15H,5-12H2,1-4H3;7H,1,8H2,2-6H3;3-4H,1-2H2. The van der Waals surface area contributed by atoms with Crippen LogP contribution in [-0.4, -0.2) is 79.3 Å². The summed E-state index contributed by atoms with van der Waals surface area (Å²) < 4.78 is 12.7. The van der Waals surface area contributed by atoms with Crippen LogP contribution < -0.4 is 0 Å². The number of thiol groups is 4. The Kier molecular flexibility index (Phi) is 28.4. The molecule has 34 heavy (non-hydrogen) atoms. The Hall–Kier alpha value is 2.63. The monoisotopic (exact) mass is 656 g/mol. The van der Waals surface area contributed by atoms with Gasteiger partial charge in [-0.1, -0.05) is 12.6 Å². The summed E-state index contributed by atoms with van der Waals surface area (Å²) in [6, 6.07) is 3.73. The van der Waals surface area contributed by atoms with Gasteiger partial charge in [0.05, 0.1) is 0 Å². The molecule has 0 aromatic carbocycles. The molecule has 0 rings (SSSR count). The van der Waals surface area contributed by atoms with Gasteiger partial charge in [-0.2, -0.15) is 74.0 Å². The fourth-order valence-electron chi connectivity index (χ4n) is 2.65. The molecule has 0 spiro atoms. The van der Waals surface area contributed by atoms with E-state index in [-0.39, 0.29) is 0 Å². The molecule has 0 saturated heterocycles. The highest BCUT2D eigenvalue weighted by molar-refractivity contribution is 8.00. The largest absolute Gasteiger partial charge is 0.455 e. The van der Waals surface area contributed by atoms with Crippen LogP contribution in [0.15, 0.2) is 12.3 Å². The van der Waals surface area contributed by atoms with Crippen molar-refractivity contribution in [2.24, 2.45) is 0 Å². The normalized spacial score (nSPS) is 12.4. The van der Waals surface area contributed by atoms with Crippen LogP contribution in [0.2, 0.25) is 70.5 Å². The summed E-state index contributed by atoms with van der Waals surface area (Å²) in [5.74, 6) is 8.51. The van der Waals surface area contributed by atoms with Gasteiger partial charge < -0.3 is 8.23 Å². The van der Waals surface area contributed by atoms with Crippen molar-refractivity contribution in [3.63, 3.8) is 0 Å². The molecular formula is C22H56O2S6Si4. The summed E-state index contributed by atoms with van der Waals surface area (Å²) >= 11 is 20.2. The van der Waals surface area contributed by atoms with Crippen LogP contribution in [0.5, 0.6) is 0 Å². The lowest BCUT2D eigenvalue weighted by Gasteiger charge is -2.34. The van der Waals surface area contributed by atoms with Crippen molar-refractivity contribution in [2.75, 3.05) is 46.0 Å². The summed E-state index contributed by atoms with van der Waals surface area (Å²) in [5, 5.41) is 0. The molecule has 0 N–H and O–H groups in total. The van der Waals surface area contributed by atoms with E-state index < -0.39 is 33.3 Å². The molecule has 0 bridgehead atoms. The maximum Gasteiger partial charge on any atom is 0.197 e. The van der Waals surface area contributed by atoms with Crippen LogP contribution in [0.25, 0.3) is 0 Å². The summed E-state index contributed by atoms with van der Waals surface area (Å²) in [6.07, 6.45) is 0. The lowest BCUT2D eigenvalue weighted by atomic mass is 10.9. The number of hydrogen-bond donors (Lipinski definition) is 4. The second-order valence-electron chi connectivity index (χ2n) is 10.3. The topological polar surface area (TPSA) is 18.5 Å². The summed E-state index contributed by atoms with van der Waals surface area (Å²) in [6.45, 7) is 24.5. The first kappa shape index (κ1) is 41.1. The molecular weight excluding hydrogens is 601 g/mol. The SMILES string of the molecule is C=C[Si](C)(C)O[Si](C)(C)CC.C[Si](C)(CCSCCS)O[Si](C)(C)CCSCCS.SCCS. The Labute approximate surface area is 249 Å². The zero-order chi connectivity index (χ0) is 27.3. The zero-order valence-corrected chi connectivity index (χ0v) is 32.7. The van der Waals surface area contributed by atoms with Gasteiger partial charge in [0, 0.05) is 11.5 Å². The molecule has 0 amide bonds. The van der Waals surface area contributed by atoms with Crippen LogP contribution >= 0.6 is 74.0 Å². The van der Waals surface area contributed by atoms with E-state index >= 15 is 0 Å². The molecule has 0 saturated carbocycles. The summed E-state index contributed by atoms with van der Waals surface area (Å²) in [5.41, 5.74) is 2.01. The average molecular weight is 657 g/mol. The molecule has 0 aliphatic rings. The van der Waals surface area contributed by atoms with Gasteiger partial charge in [0.1, 0.15) is 0 Å². The molecule has 0 radical (unpaired) electrons. The average Bonchev–Trinajstić information content (AvgIpc) is 2.73. The highest BCUT2D eigenvalue weighted by atomic mass is 32.2. The minimum atomic E-state index is -1.51. The third-order valence-electron chi connectivity index (χ3n) is 4.70. The van der Waals surface area contributed by atoms with Gasteiger partial charge in [0.25, 0.3) is 0 Å². The number of hydrogen-bond acceptors (Lipinski definition) is 8. The quantitative estimate of drug-likeness (QED) is 0.0713. The Balaban J connectivity index is -0.000000538. The Morgan fingerprint density at radius 3 is 1.26 bits per heavy atom. The summed E-state index contributed by atoms with van der Waals surface area (Å²) in [4.78, 5) is 0. The van der Waals surface area contributed by atoms with Gasteiger partial charge in [-0.3, -0.25) is 0 Å². The van der Waals surface area contributed by atoms with E-state index in [2.05, 4.69) is 116 Å². The van der Waals surface area contributed by atoms with E-state index in [0.717, 1.165) is 34.5 Å². The van der Waals surface area contributed by atoms with E-state index in [9.17, 15) is 0 Å². The Morgan fingerprint density at radius 1 is 0.618 bits per heavy atom. The molecule has 0 fully saturated rings. The fourth-order valence-corrected chi connectivity index (χ4v) is 22.6. The predicted molar refractivity (Wildman–Crippen MR) is 192 cm³/mol. The van der Waals surface area contributed by atoms with Crippen molar-refractivity contribution in [1.82, 2.24) is 0 Å². The van der Waals surface area contributed by atoms with Crippen molar-refractivity contribution >= 4 is 107 Å². The second-order valence-corrected chi connectivity index (χ2v) is 32.0. The fraction of sp³-hybridized carbons (Fsp3) is 0.909. The number of rotatable bonds is 17. The van der Waals surface area contributed by atoms with Crippen LogP contribution in [0.1, 0.15) is 6.92 Å². The predicted octanol–water partition coefficient (Wildman–Crippen LogP) is 8.74. The third kappa shape index (κ3) is 30.8. The first-order chi connectivity index (χ1) is 15.6. The molecule has 12 heteroatoms. The van der Waals surface area contributed by atoms with E-state index in [1.807, 2.05) is 29.2 Å². The maximum atomic E-state index is 6.60. The first-order valence-electron chi connectivity index (χ1n) is 12.2. The van der Waals surface area contributed by atoms with E-state index in [1.165, 1.54) is 29.6 Å². The van der Waals surface area contributed by atoms with Gasteiger partial charge in [0.15, 0.2) is 33.3 Å². The van der Waals surface area contributed by atoms with E-state index in [4.69, 9.17) is 8.23 Å². The number of thioether (sulfide) groups is 2. The first-order valence-corrected chi connectivity index (χ1v) is 29.4. The lowest BCUT2D eigenvalue weighted by molar-refractivity contribution is 0.543. The van der Waals surface area contributed by atoms with Crippen LogP contribution in [-0.2, 0) is 8.23 Å². The van der Waals surface area contributed by atoms with Crippen molar-refractivity contribution < 1.29 is 8.23 Å². The van der Waals surface area contributed by atoms with Crippen LogP contribution in [0.3, 0.4) is 0 Å². The van der Waals surface area contributed by atoms with Gasteiger partial charge in [-0.15, -0.1) is 6.58 Å². The summed E-state index contributed by atoms with van der Waals surface area (Å²) in [7, 11) is -5.78. The van der Waals surface area contributed by atoms with Crippen molar-refractivity contribution in [3.8, 4) is 0 Å². The highest BCUT2D eigenvalue weighted by Crippen LogP contribution is 2.24. The molecule has 2 nitrogen and oxygen atoms in total. The maximum absolute atomic E-state index is 6.60. The van der Waals surface area contributed by atoms with Gasteiger partial charge in [-0.25, -0.2) is 0 Å². The smallest absolute Gasteiger partial charge is 0.197 e. The van der Waals surface area contributed by atoms with E-state index in [1.54, 1.807) is 0 Å². The minimum Gasteiger partial charge on any atom is -0.455 e. The van der Waals surface area contributed by atoms with Crippen LogP contribution in [0.4, 0.5) is 0 Å². The van der Waals surface area contributed by atoms with Crippen molar-refractivity contribution in [3.05, 3.63) is 12.3 Å². The lowest BCUT2D eigenvalue weighted by Crippen LogP contribution is -2.44. The van der Waals surface area contributed by atoms with Crippen molar-refractivity contribution in [1.29, 1.82) is 0 Å². The van der Waals surface area contributed by atoms with Gasteiger partial charge >= 0.3 is 0 Å². The van der Waals surface area contributed by atoms with Crippen LogP contribution in [0, 0.1) is 0 Å². The van der Waals surface area contributed by atoms with Gasteiger partial charge in [0.2, 0.25) is 0 Å². The molecule has 0 aromatic rings. The second kappa shape index (κ2) is 23.5. The third-order valence-corrected chi connectivity index (χ3v) is 23.6. The molecule has 208 valence electrons. The zero-order valence-electron chi connectivity index (χ0n) is 23.5. The van der Waals surface area contributed by atoms with Gasteiger partial charge in [-0.05, 0) is 105 Å². The molecule has 0 aliphatic carbocycles. The van der Waals surface area contributed by atoms with Crippen molar-refractivity contribution in [2.45, 2.75) is 77.4 Å². The highest BCUT2D eigenvalue weighted by Gasteiger charge is 2.32. The molecule has 0 atom stereocenters. The molecule has 0 heterocycles. The molecule has 0 unspecified atom stereocenters. The Bertz CT molecular complexity index is 460. The Morgan fingerprint density at radius 2 is 1.00 bits per heavy atom. The van der Waals surface area contributed by atoms with E-state index in [0.29, 0.717) is 0 Å². The molecule has 0 aromatic heterocycles.